The number of hydrogen-bond acceptors (Lipinski definition) is 4. The highest BCUT2D eigenvalue weighted by Gasteiger charge is 2.25. The van der Waals surface area contributed by atoms with Crippen molar-refractivity contribution >= 4 is 28.5 Å². The third-order valence-electron chi connectivity index (χ3n) is 6.11. The average Bonchev–Trinajstić information content (AvgIpc) is 3.28. The minimum Gasteiger partial charge on any atom is -0.451 e. The molecule has 1 amide bonds. The van der Waals surface area contributed by atoms with Gasteiger partial charge >= 0.3 is 0 Å². The molecule has 3 aromatic rings. The second-order valence-electron chi connectivity index (χ2n) is 9.46. The van der Waals surface area contributed by atoms with Crippen LogP contribution in [0.5, 0.6) is 0 Å². The maximum absolute atomic E-state index is 12.9. The number of rotatable bonds is 5. The number of fused-ring (bicyclic) bond motifs is 1. The molecule has 1 atom stereocenters. The van der Waals surface area contributed by atoms with Gasteiger partial charge in [-0.15, -0.1) is 0 Å². The summed E-state index contributed by atoms with van der Waals surface area (Å²) in [7, 11) is 0. The van der Waals surface area contributed by atoms with Gasteiger partial charge < -0.3 is 9.73 Å². The van der Waals surface area contributed by atoms with Crippen molar-refractivity contribution in [2.45, 2.75) is 45.1 Å². The fraction of sp³-hybridized carbons (Fsp3) is 0.385. The number of carbonyl (C=O) groups excluding carboxylic acids is 1. The van der Waals surface area contributed by atoms with E-state index in [0.717, 1.165) is 25.9 Å². The second-order valence-corrected chi connectivity index (χ2v) is 9.89. The topological polar surface area (TPSA) is 62.6 Å². The molecule has 1 aliphatic rings. The molecule has 6 heteroatoms. The molecule has 0 saturated carbocycles. The molecule has 1 unspecified atom stereocenters. The highest BCUT2D eigenvalue weighted by atomic mass is 35.5. The first kappa shape index (κ1) is 22.6. The molecule has 1 N–H and O–H groups in total. The van der Waals surface area contributed by atoms with Gasteiger partial charge in [0.05, 0.1) is 11.4 Å². The molecule has 1 fully saturated rings. The summed E-state index contributed by atoms with van der Waals surface area (Å²) in [6.07, 6.45) is 2.32. The summed E-state index contributed by atoms with van der Waals surface area (Å²) in [6, 6.07) is 14.8. The van der Waals surface area contributed by atoms with Gasteiger partial charge in [-0.25, -0.2) is 0 Å². The van der Waals surface area contributed by atoms with Crippen LogP contribution in [0.1, 0.15) is 61.3 Å². The van der Waals surface area contributed by atoms with Crippen molar-refractivity contribution in [2.24, 2.45) is 0 Å². The van der Waals surface area contributed by atoms with Gasteiger partial charge in [-0.1, -0.05) is 56.6 Å². The third kappa shape index (κ3) is 4.89. The Kier molecular flexibility index (Phi) is 6.40. The van der Waals surface area contributed by atoms with E-state index in [1.807, 2.05) is 0 Å². The van der Waals surface area contributed by atoms with Crippen molar-refractivity contribution in [3.63, 3.8) is 0 Å². The van der Waals surface area contributed by atoms with Crippen LogP contribution in [0.25, 0.3) is 11.0 Å². The highest BCUT2D eigenvalue weighted by Crippen LogP contribution is 2.28. The molecule has 1 saturated heterocycles. The summed E-state index contributed by atoms with van der Waals surface area (Å²) in [4.78, 5) is 27.7. The Balaban J connectivity index is 1.54. The van der Waals surface area contributed by atoms with E-state index in [1.165, 1.54) is 17.2 Å². The zero-order valence-corrected chi connectivity index (χ0v) is 19.5. The molecule has 0 aliphatic carbocycles. The van der Waals surface area contributed by atoms with Gasteiger partial charge in [-0.05, 0) is 60.7 Å². The Morgan fingerprint density at radius 2 is 1.78 bits per heavy atom. The summed E-state index contributed by atoms with van der Waals surface area (Å²) in [6.45, 7) is 9.05. The van der Waals surface area contributed by atoms with Crippen molar-refractivity contribution in [2.75, 3.05) is 19.6 Å². The van der Waals surface area contributed by atoms with Crippen molar-refractivity contribution < 1.29 is 9.21 Å². The fourth-order valence-electron chi connectivity index (χ4n) is 4.23. The molecule has 1 aliphatic heterocycles. The summed E-state index contributed by atoms with van der Waals surface area (Å²) >= 11 is 5.97. The van der Waals surface area contributed by atoms with E-state index < -0.39 is 5.91 Å². The third-order valence-corrected chi connectivity index (χ3v) is 6.35. The second kappa shape index (κ2) is 9.08. The van der Waals surface area contributed by atoms with Crippen LogP contribution in [0.4, 0.5) is 0 Å². The number of halogens is 1. The Morgan fingerprint density at radius 3 is 2.44 bits per heavy atom. The molecule has 4 rings (SSSR count). The highest BCUT2D eigenvalue weighted by molar-refractivity contribution is 6.31. The van der Waals surface area contributed by atoms with Crippen LogP contribution < -0.4 is 10.7 Å². The normalized spacial score (nSPS) is 15.8. The summed E-state index contributed by atoms with van der Waals surface area (Å²) < 4.78 is 5.69. The first-order chi connectivity index (χ1) is 15.2. The number of nitrogens with one attached hydrogen (secondary N) is 1. The maximum atomic E-state index is 12.9. The van der Waals surface area contributed by atoms with Crippen molar-refractivity contribution in [1.82, 2.24) is 10.2 Å². The lowest BCUT2D eigenvalue weighted by molar-refractivity contribution is 0.0910. The van der Waals surface area contributed by atoms with Crippen LogP contribution in [0.15, 0.2) is 57.7 Å². The van der Waals surface area contributed by atoms with E-state index in [-0.39, 0.29) is 22.6 Å². The lowest BCUT2D eigenvalue weighted by atomic mass is 9.86. The molecule has 5 nitrogen and oxygen atoms in total. The molecule has 32 heavy (non-hydrogen) atoms. The molecule has 2 aromatic carbocycles. The molecule has 1 aromatic heterocycles. The van der Waals surface area contributed by atoms with Gasteiger partial charge in [0.15, 0.2) is 11.2 Å². The zero-order chi connectivity index (χ0) is 22.9. The Morgan fingerprint density at radius 1 is 1.09 bits per heavy atom. The first-order valence-electron chi connectivity index (χ1n) is 11.1. The molecular formula is C26H29ClN2O3. The number of benzene rings is 2. The number of nitrogens with zero attached hydrogens (tertiary/aromatic N) is 1. The molecule has 2 heterocycles. The van der Waals surface area contributed by atoms with Gasteiger partial charge in [-0.2, -0.15) is 0 Å². The van der Waals surface area contributed by atoms with E-state index in [1.54, 1.807) is 18.2 Å². The van der Waals surface area contributed by atoms with Crippen LogP contribution in [-0.4, -0.2) is 30.4 Å². The summed E-state index contributed by atoms with van der Waals surface area (Å²) in [5.74, 6) is -0.387. The number of amides is 1. The van der Waals surface area contributed by atoms with Crippen LogP contribution >= 0.6 is 11.6 Å². The van der Waals surface area contributed by atoms with Gasteiger partial charge in [0.25, 0.3) is 5.91 Å². The number of carbonyl (C=O) groups is 1. The van der Waals surface area contributed by atoms with Gasteiger partial charge in [0, 0.05) is 17.6 Å². The van der Waals surface area contributed by atoms with Crippen LogP contribution in [0, 0.1) is 0 Å². The van der Waals surface area contributed by atoms with Crippen LogP contribution in [0.3, 0.4) is 0 Å². The maximum Gasteiger partial charge on any atom is 0.287 e. The molecule has 168 valence electrons. The SMILES string of the molecule is CC(C)(C)c1ccc(C(CNC(=O)c2cc(=O)c3cc(Cl)ccc3o2)N2CCCC2)cc1. The van der Waals surface area contributed by atoms with Gasteiger partial charge in [-0.3, -0.25) is 14.5 Å². The summed E-state index contributed by atoms with van der Waals surface area (Å²) in [5.41, 5.74) is 2.61. The van der Waals surface area contributed by atoms with E-state index >= 15 is 0 Å². The van der Waals surface area contributed by atoms with E-state index in [9.17, 15) is 9.59 Å². The monoisotopic (exact) mass is 452 g/mol. The van der Waals surface area contributed by atoms with E-state index in [0.29, 0.717) is 22.5 Å². The quantitative estimate of drug-likeness (QED) is 0.569. The predicted molar refractivity (Wildman–Crippen MR) is 129 cm³/mol. The molecular weight excluding hydrogens is 424 g/mol. The van der Waals surface area contributed by atoms with E-state index in [2.05, 4.69) is 55.3 Å². The van der Waals surface area contributed by atoms with Crippen molar-refractivity contribution in [3.8, 4) is 0 Å². The van der Waals surface area contributed by atoms with Crippen molar-refractivity contribution in [3.05, 3.63) is 80.7 Å². The number of likely N-dealkylation sites (tertiary alicyclic amines) is 1. The van der Waals surface area contributed by atoms with Crippen molar-refractivity contribution in [1.29, 1.82) is 0 Å². The zero-order valence-electron chi connectivity index (χ0n) is 18.8. The van der Waals surface area contributed by atoms with Gasteiger partial charge in [0.1, 0.15) is 5.58 Å². The smallest absolute Gasteiger partial charge is 0.287 e. The standard InChI is InChI=1S/C26H29ClN2O3/c1-26(2,3)18-8-6-17(7-9-18)21(29-12-4-5-13-29)16-28-25(31)24-15-22(30)20-14-19(27)10-11-23(20)32-24/h6-11,14-15,21H,4-5,12-13,16H2,1-3H3,(H,28,31). The van der Waals surface area contributed by atoms with E-state index in [4.69, 9.17) is 16.0 Å². The molecule has 0 spiro atoms. The minimum atomic E-state index is -0.394. The summed E-state index contributed by atoms with van der Waals surface area (Å²) in [5, 5.41) is 3.80. The molecule has 0 bridgehead atoms. The Bertz CT molecular complexity index is 1170. The van der Waals surface area contributed by atoms with Crippen LogP contribution in [0.2, 0.25) is 5.02 Å². The number of hydrogen-bond donors (Lipinski definition) is 1. The fourth-order valence-corrected chi connectivity index (χ4v) is 4.41. The predicted octanol–water partition coefficient (Wildman–Crippen LogP) is 5.31. The van der Waals surface area contributed by atoms with Gasteiger partial charge in [0.2, 0.25) is 0 Å². The Labute approximate surface area is 193 Å². The lowest BCUT2D eigenvalue weighted by Gasteiger charge is -2.29. The minimum absolute atomic E-state index is 0.00748. The Hall–Kier alpha value is -2.63. The largest absolute Gasteiger partial charge is 0.451 e. The first-order valence-corrected chi connectivity index (χ1v) is 11.5. The van der Waals surface area contributed by atoms with Crippen LogP contribution in [-0.2, 0) is 5.41 Å². The molecule has 0 radical (unpaired) electrons. The lowest BCUT2D eigenvalue weighted by Crippen LogP contribution is -2.37. The average molecular weight is 453 g/mol.